The topological polar surface area (TPSA) is 143 Å². The van der Waals surface area contributed by atoms with Crippen LogP contribution in [0.4, 0.5) is 5.69 Å². The quantitative estimate of drug-likeness (QED) is 0.244. The fraction of sp³-hybridized carbons (Fsp3) is 0.433. The van der Waals surface area contributed by atoms with Crippen LogP contribution in [-0.2, 0) is 14.8 Å². The Morgan fingerprint density at radius 3 is 2.41 bits per heavy atom. The van der Waals surface area contributed by atoms with Crippen molar-refractivity contribution >= 4 is 43.4 Å². The highest BCUT2D eigenvalue weighted by Gasteiger charge is 2.40. The van der Waals surface area contributed by atoms with Gasteiger partial charge in [-0.1, -0.05) is 32.0 Å². The molecule has 4 rings (SSSR count). The third-order valence-electron chi connectivity index (χ3n) is 7.27. The Balaban J connectivity index is 1.57. The van der Waals surface area contributed by atoms with Crippen molar-refractivity contribution in [3.63, 3.8) is 0 Å². The SMILES string of the molecule is CCCN(CCC)c1ccc2cc(-c3ccc(/C(C)=C(\C#N)S(=O)(=O)N[C@H]4CO[C@H](CO)[C@@H](O)[C@@H]4O)s3)ccc2c1. The molecule has 3 aromatic rings. The average molecular weight is 600 g/mol. The number of nitrogens with zero attached hydrogens (tertiary/aromatic N) is 2. The molecule has 41 heavy (non-hydrogen) atoms. The maximum Gasteiger partial charge on any atom is 0.251 e. The Labute approximate surface area is 245 Å². The summed E-state index contributed by atoms with van der Waals surface area (Å²) in [6, 6.07) is 17.0. The van der Waals surface area contributed by atoms with E-state index in [-0.39, 0.29) is 12.2 Å². The van der Waals surface area contributed by atoms with Crippen LogP contribution in [0, 0.1) is 11.3 Å². The summed E-state index contributed by atoms with van der Waals surface area (Å²) in [6.07, 6.45) is -1.83. The number of sulfonamides is 1. The summed E-state index contributed by atoms with van der Waals surface area (Å²) in [4.78, 5) is 3.47. The fourth-order valence-electron chi connectivity index (χ4n) is 5.05. The highest BCUT2D eigenvalue weighted by Crippen LogP contribution is 2.36. The minimum absolute atomic E-state index is 0.262. The Hall–Kier alpha value is -2.82. The molecule has 0 radical (unpaired) electrons. The number of ether oxygens (including phenoxy) is 1. The number of aliphatic hydroxyl groups is 3. The van der Waals surface area contributed by atoms with Gasteiger partial charge in [-0.15, -0.1) is 11.3 Å². The molecular formula is C30H37N3O6S2. The lowest BCUT2D eigenvalue weighted by atomic mass is 9.99. The number of benzene rings is 2. The lowest BCUT2D eigenvalue weighted by Gasteiger charge is -2.36. The van der Waals surface area contributed by atoms with Crippen LogP contribution in [0.25, 0.3) is 26.8 Å². The summed E-state index contributed by atoms with van der Waals surface area (Å²) in [6.45, 7) is 7.18. The predicted molar refractivity (Wildman–Crippen MR) is 163 cm³/mol. The summed E-state index contributed by atoms with van der Waals surface area (Å²) in [5.74, 6) is 0. The number of hydrogen-bond acceptors (Lipinski definition) is 9. The van der Waals surface area contributed by atoms with Gasteiger partial charge in [0, 0.05) is 28.5 Å². The molecular weight excluding hydrogens is 562 g/mol. The number of thiophene rings is 1. The third kappa shape index (κ3) is 6.81. The molecule has 2 heterocycles. The summed E-state index contributed by atoms with van der Waals surface area (Å²) in [7, 11) is -4.35. The number of anilines is 1. The van der Waals surface area contributed by atoms with Crippen LogP contribution in [0.2, 0.25) is 0 Å². The smallest absolute Gasteiger partial charge is 0.251 e. The second-order valence-electron chi connectivity index (χ2n) is 10.2. The van der Waals surface area contributed by atoms with Crippen LogP contribution in [0.1, 0.15) is 38.5 Å². The standard InChI is InChI=1S/C30H37N3O6S2/c1-4-12-33(13-5-2)23-9-8-20-14-22(7-6-21(20)15-23)27-11-10-26(40-27)19(3)28(16-31)41(37,38)32-24-18-39-25(17-34)30(36)29(24)35/h6-11,14-15,24-25,29-30,32,34-36H,4-5,12-13,17-18H2,1-3H3/b28-19+/t24-,25+,29+,30+/m0/s1. The van der Waals surface area contributed by atoms with Crippen LogP contribution in [0.5, 0.6) is 0 Å². The van der Waals surface area contributed by atoms with E-state index in [2.05, 4.69) is 53.8 Å². The van der Waals surface area contributed by atoms with Crippen LogP contribution < -0.4 is 9.62 Å². The molecule has 220 valence electrons. The molecule has 1 saturated heterocycles. The summed E-state index contributed by atoms with van der Waals surface area (Å²) < 4.78 is 33.8. The van der Waals surface area contributed by atoms with Crippen molar-refractivity contribution in [1.29, 1.82) is 5.26 Å². The molecule has 1 aliphatic heterocycles. The first-order valence-corrected chi connectivity index (χ1v) is 16.0. The minimum atomic E-state index is -4.35. The molecule has 0 bridgehead atoms. The van der Waals surface area contributed by atoms with E-state index in [4.69, 9.17) is 4.74 Å². The Kier molecular flexibility index (Phi) is 10.2. The molecule has 4 atom stereocenters. The molecule has 0 aliphatic carbocycles. The number of hydrogen-bond donors (Lipinski definition) is 4. The van der Waals surface area contributed by atoms with E-state index >= 15 is 0 Å². The molecule has 2 aromatic carbocycles. The molecule has 1 fully saturated rings. The molecule has 4 N–H and O–H groups in total. The van der Waals surface area contributed by atoms with Crippen molar-refractivity contribution in [2.75, 3.05) is 31.2 Å². The maximum absolute atomic E-state index is 13.1. The van der Waals surface area contributed by atoms with Crippen molar-refractivity contribution in [3.05, 3.63) is 58.3 Å². The highest BCUT2D eigenvalue weighted by atomic mass is 32.2. The predicted octanol–water partition coefficient (Wildman–Crippen LogP) is 3.85. The van der Waals surface area contributed by atoms with Gasteiger partial charge in [-0.2, -0.15) is 5.26 Å². The van der Waals surface area contributed by atoms with Crippen LogP contribution in [0.15, 0.2) is 53.4 Å². The van der Waals surface area contributed by atoms with Gasteiger partial charge < -0.3 is 25.0 Å². The first-order valence-electron chi connectivity index (χ1n) is 13.7. The van der Waals surface area contributed by atoms with Gasteiger partial charge >= 0.3 is 0 Å². The van der Waals surface area contributed by atoms with Crippen molar-refractivity contribution in [1.82, 2.24) is 4.72 Å². The first-order chi connectivity index (χ1) is 19.6. The van der Waals surface area contributed by atoms with Gasteiger partial charge in [-0.05, 0) is 72.0 Å². The zero-order chi connectivity index (χ0) is 29.7. The van der Waals surface area contributed by atoms with Crippen LogP contribution in [0.3, 0.4) is 0 Å². The first kappa shape index (κ1) is 31.1. The van der Waals surface area contributed by atoms with Gasteiger partial charge in [0.25, 0.3) is 10.0 Å². The molecule has 0 saturated carbocycles. The van der Waals surface area contributed by atoms with Crippen LogP contribution in [-0.4, -0.2) is 74.4 Å². The molecule has 11 heteroatoms. The monoisotopic (exact) mass is 599 g/mol. The van der Waals surface area contributed by atoms with E-state index in [1.807, 2.05) is 12.1 Å². The molecule has 9 nitrogen and oxygen atoms in total. The lowest BCUT2D eigenvalue weighted by Crippen LogP contribution is -2.59. The number of nitriles is 1. The minimum Gasteiger partial charge on any atom is -0.394 e. The second kappa shape index (κ2) is 13.4. The van der Waals surface area contributed by atoms with Gasteiger partial charge in [0.2, 0.25) is 0 Å². The summed E-state index contributed by atoms with van der Waals surface area (Å²) in [5, 5.41) is 41.7. The van der Waals surface area contributed by atoms with Gasteiger partial charge in [-0.25, -0.2) is 13.1 Å². The molecule has 1 aliphatic rings. The Morgan fingerprint density at radius 1 is 1.07 bits per heavy atom. The summed E-state index contributed by atoms with van der Waals surface area (Å²) >= 11 is 1.38. The van der Waals surface area contributed by atoms with E-state index in [1.54, 1.807) is 19.1 Å². The van der Waals surface area contributed by atoms with Crippen molar-refractivity contribution < 1.29 is 28.5 Å². The number of nitrogens with one attached hydrogen (secondary N) is 1. The molecule has 1 aromatic heterocycles. The van der Waals surface area contributed by atoms with Crippen molar-refractivity contribution in [2.24, 2.45) is 0 Å². The highest BCUT2D eigenvalue weighted by molar-refractivity contribution is 7.93. The van der Waals surface area contributed by atoms with E-state index in [0.717, 1.165) is 47.1 Å². The van der Waals surface area contributed by atoms with Gasteiger partial charge in [0.15, 0.2) is 4.91 Å². The second-order valence-corrected chi connectivity index (χ2v) is 13.0. The summed E-state index contributed by atoms with van der Waals surface area (Å²) in [5.41, 5.74) is 2.47. The zero-order valence-corrected chi connectivity index (χ0v) is 25.1. The van der Waals surface area contributed by atoms with E-state index < -0.39 is 45.9 Å². The molecule has 0 unspecified atom stereocenters. The van der Waals surface area contributed by atoms with Gasteiger partial charge in [0.05, 0.1) is 19.3 Å². The van der Waals surface area contributed by atoms with Crippen molar-refractivity contribution in [3.8, 4) is 16.5 Å². The molecule has 0 amide bonds. The van der Waals surface area contributed by atoms with Gasteiger partial charge in [0.1, 0.15) is 24.4 Å². The van der Waals surface area contributed by atoms with Gasteiger partial charge in [-0.3, -0.25) is 0 Å². The number of rotatable bonds is 11. The number of fused-ring (bicyclic) bond motifs is 1. The Morgan fingerprint density at radius 2 is 1.76 bits per heavy atom. The zero-order valence-electron chi connectivity index (χ0n) is 23.4. The lowest BCUT2D eigenvalue weighted by molar-refractivity contribution is -0.158. The normalized spacial score (nSPS) is 21.9. The van der Waals surface area contributed by atoms with E-state index in [0.29, 0.717) is 4.88 Å². The average Bonchev–Trinajstić information content (AvgIpc) is 3.46. The number of allylic oxidation sites excluding steroid dienone is 2. The van der Waals surface area contributed by atoms with E-state index in [9.17, 15) is 29.0 Å². The fourth-order valence-corrected chi connectivity index (χ4v) is 7.48. The maximum atomic E-state index is 13.1. The largest absolute Gasteiger partial charge is 0.394 e. The van der Waals surface area contributed by atoms with Crippen molar-refractivity contribution in [2.45, 2.75) is 58.0 Å². The molecule has 0 spiro atoms. The number of aliphatic hydroxyl groups excluding tert-OH is 3. The van der Waals surface area contributed by atoms with Crippen LogP contribution >= 0.6 is 11.3 Å². The van der Waals surface area contributed by atoms with E-state index in [1.165, 1.54) is 17.0 Å². The third-order valence-corrected chi connectivity index (χ3v) is 10.1. The Bertz CT molecular complexity index is 1540.